The highest BCUT2D eigenvalue weighted by molar-refractivity contribution is 9.10. The molecule has 23 heavy (non-hydrogen) atoms. The highest BCUT2D eigenvalue weighted by atomic mass is 79.9. The summed E-state index contributed by atoms with van der Waals surface area (Å²) in [5, 5.41) is 8.17. The van der Waals surface area contributed by atoms with Gasteiger partial charge < -0.3 is 9.84 Å². The summed E-state index contributed by atoms with van der Waals surface area (Å²) in [4.78, 5) is 7.45. The Labute approximate surface area is 151 Å². The molecule has 0 radical (unpaired) electrons. The number of rotatable bonds is 2. The smallest absolute Gasteiger partial charge is 0.213 e. The monoisotopic (exact) mass is 446 g/mol. The highest BCUT2D eigenvalue weighted by Crippen LogP contribution is 2.25. The Kier molecular flexibility index (Phi) is 7.39. The first-order chi connectivity index (χ1) is 11.0. The third-order valence-corrected chi connectivity index (χ3v) is 3.69. The summed E-state index contributed by atoms with van der Waals surface area (Å²) in [6, 6.07) is 6.71. The lowest BCUT2D eigenvalue weighted by atomic mass is 10.5. The molecule has 2 aromatic rings. The molecular weight excluding hydrogens is 431 g/mol. The van der Waals surface area contributed by atoms with Gasteiger partial charge in [-0.2, -0.15) is 4.39 Å². The lowest BCUT2D eigenvalue weighted by Crippen LogP contribution is -1.97. The van der Waals surface area contributed by atoms with E-state index in [-0.39, 0.29) is 6.10 Å². The fourth-order valence-electron chi connectivity index (χ4n) is 1.22. The van der Waals surface area contributed by atoms with Crippen LogP contribution in [0, 0.1) is 5.95 Å². The van der Waals surface area contributed by atoms with Gasteiger partial charge in [-0.05, 0) is 75.7 Å². The first-order valence-corrected chi connectivity index (χ1v) is 8.85. The van der Waals surface area contributed by atoms with Crippen LogP contribution in [0.5, 0.6) is 5.88 Å². The standard InChI is InChI=1S/C8H8BrNO.C5H3BrFN.C3H6O/c9-6-1-4-8(10-5-6)11-7-2-3-7;6-4-1-2-5(7)8-3-4;4-3-1-2-3/h1,4-5,7H,2-3H2;1-3H;3-4H,1-2H2. The van der Waals surface area contributed by atoms with Gasteiger partial charge in [0.05, 0.1) is 6.10 Å². The zero-order chi connectivity index (χ0) is 16.7. The molecule has 0 amide bonds. The lowest BCUT2D eigenvalue weighted by molar-refractivity contribution is 0.279. The molecule has 2 aromatic heterocycles. The number of halogens is 3. The molecule has 0 bridgehead atoms. The highest BCUT2D eigenvalue weighted by Gasteiger charge is 2.23. The van der Waals surface area contributed by atoms with Crippen molar-refractivity contribution in [3.8, 4) is 5.88 Å². The third kappa shape index (κ3) is 8.98. The summed E-state index contributed by atoms with van der Waals surface area (Å²) in [6.07, 6.45) is 8.12. The number of aromatic nitrogens is 2. The minimum absolute atomic E-state index is 0.0833. The number of aliphatic hydroxyl groups excluding tert-OH is 1. The Morgan fingerprint density at radius 1 is 0.957 bits per heavy atom. The maximum Gasteiger partial charge on any atom is 0.213 e. The van der Waals surface area contributed by atoms with Crippen molar-refractivity contribution in [2.24, 2.45) is 0 Å². The Hall–Kier alpha value is -1.05. The average Bonchev–Trinajstić information content (AvgIpc) is 3.45. The summed E-state index contributed by atoms with van der Waals surface area (Å²) >= 11 is 6.43. The van der Waals surface area contributed by atoms with Crippen LogP contribution < -0.4 is 4.74 Å². The molecule has 124 valence electrons. The van der Waals surface area contributed by atoms with Gasteiger partial charge in [-0.1, -0.05) is 0 Å². The number of aliphatic hydroxyl groups is 1. The van der Waals surface area contributed by atoms with Crippen molar-refractivity contribution in [1.82, 2.24) is 9.97 Å². The van der Waals surface area contributed by atoms with Crippen molar-refractivity contribution < 1.29 is 14.2 Å². The second kappa shape index (κ2) is 9.30. The van der Waals surface area contributed by atoms with Crippen LogP contribution in [-0.2, 0) is 0 Å². The predicted octanol–water partition coefficient (Wildman–Crippen LogP) is 4.51. The Morgan fingerprint density at radius 2 is 1.52 bits per heavy atom. The van der Waals surface area contributed by atoms with Gasteiger partial charge in [0, 0.05) is 27.4 Å². The molecule has 1 N–H and O–H groups in total. The van der Waals surface area contributed by atoms with Crippen LogP contribution in [0.15, 0.2) is 45.6 Å². The number of nitrogens with zero attached hydrogens (tertiary/aromatic N) is 2. The van der Waals surface area contributed by atoms with Crippen LogP contribution in [0.3, 0.4) is 0 Å². The molecule has 0 saturated heterocycles. The van der Waals surface area contributed by atoms with E-state index in [1.165, 1.54) is 25.1 Å². The van der Waals surface area contributed by atoms with Crippen LogP contribution >= 0.6 is 31.9 Å². The molecule has 2 aliphatic carbocycles. The summed E-state index contributed by atoms with van der Waals surface area (Å²) < 4.78 is 19.2. The summed E-state index contributed by atoms with van der Waals surface area (Å²) in [5.74, 6) is 0.281. The van der Waals surface area contributed by atoms with Crippen LogP contribution in [-0.4, -0.2) is 27.3 Å². The zero-order valence-corrected chi connectivity index (χ0v) is 15.5. The van der Waals surface area contributed by atoms with E-state index < -0.39 is 5.95 Å². The number of pyridine rings is 2. The Bertz CT molecular complexity index is 567. The summed E-state index contributed by atoms with van der Waals surface area (Å²) in [5.41, 5.74) is 0. The molecule has 0 atom stereocenters. The Balaban J connectivity index is 0.000000140. The third-order valence-electron chi connectivity index (χ3n) is 2.75. The zero-order valence-electron chi connectivity index (χ0n) is 12.3. The van der Waals surface area contributed by atoms with E-state index in [1.807, 2.05) is 12.1 Å². The minimum atomic E-state index is -0.451. The van der Waals surface area contributed by atoms with Gasteiger partial charge in [-0.15, -0.1) is 0 Å². The van der Waals surface area contributed by atoms with E-state index in [9.17, 15) is 4.39 Å². The Morgan fingerprint density at radius 3 is 1.87 bits per heavy atom. The SMILES string of the molecule is Brc1ccc(OC2CC2)nc1.Fc1ccc(Br)cn1.OC1CC1. The van der Waals surface area contributed by atoms with E-state index in [4.69, 9.17) is 9.84 Å². The van der Waals surface area contributed by atoms with E-state index in [2.05, 4.69) is 41.8 Å². The fraction of sp³-hybridized carbons (Fsp3) is 0.375. The number of hydrogen-bond donors (Lipinski definition) is 1. The second-order valence-corrected chi connectivity index (χ2v) is 6.99. The first kappa shape index (κ1) is 18.3. The van der Waals surface area contributed by atoms with Gasteiger partial charge >= 0.3 is 0 Å². The van der Waals surface area contributed by atoms with Gasteiger partial charge in [-0.25, -0.2) is 9.97 Å². The van der Waals surface area contributed by atoms with E-state index in [0.29, 0.717) is 6.10 Å². The van der Waals surface area contributed by atoms with Gasteiger partial charge in [0.1, 0.15) is 6.10 Å². The van der Waals surface area contributed by atoms with Crippen LogP contribution in [0.25, 0.3) is 0 Å². The topological polar surface area (TPSA) is 55.2 Å². The van der Waals surface area contributed by atoms with Crippen molar-refractivity contribution in [2.75, 3.05) is 0 Å². The normalized spacial score (nSPS) is 15.7. The van der Waals surface area contributed by atoms with Crippen molar-refractivity contribution in [3.05, 3.63) is 51.6 Å². The molecule has 0 unspecified atom stereocenters. The molecular formula is C16H17Br2FN2O2. The lowest BCUT2D eigenvalue weighted by Gasteiger charge is -2.00. The van der Waals surface area contributed by atoms with Crippen LogP contribution in [0.2, 0.25) is 0 Å². The molecule has 0 spiro atoms. The maximum atomic E-state index is 12.0. The van der Waals surface area contributed by atoms with Crippen molar-refractivity contribution in [2.45, 2.75) is 37.9 Å². The van der Waals surface area contributed by atoms with E-state index >= 15 is 0 Å². The van der Waals surface area contributed by atoms with Crippen LogP contribution in [0.4, 0.5) is 4.39 Å². The van der Waals surface area contributed by atoms with Gasteiger partial charge in [0.15, 0.2) is 0 Å². The minimum Gasteiger partial charge on any atom is -0.474 e. The quantitative estimate of drug-likeness (QED) is 0.688. The van der Waals surface area contributed by atoms with Gasteiger partial charge in [0.25, 0.3) is 0 Å². The second-order valence-electron chi connectivity index (χ2n) is 5.16. The molecule has 2 saturated carbocycles. The summed E-state index contributed by atoms with van der Waals surface area (Å²) in [7, 11) is 0. The van der Waals surface area contributed by atoms with Crippen molar-refractivity contribution in [1.29, 1.82) is 0 Å². The molecule has 2 heterocycles. The average molecular weight is 448 g/mol. The molecule has 7 heteroatoms. The molecule has 4 nitrogen and oxygen atoms in total. The number of hydrogen-bond acceptors (Lipinski definition) is 4. The molecule has 0 aliphatic heterocycles. The molecule has 2 aliphatic rings. The van der Waals surface area contributed by atoms with E-state index in [0.717, 1.165) is 27.7 Å². The molecule has 2 fully saturated rings. The summed E-state index contributed by atoms with van der Waals surface area (Å²) in [6.45, 7) is 0. The van der Waals surface area contributed by atoms with Crippen LogP contribution in [0.1, 0.15) is 25.7 Å². The van der Waals surface area contributed by atoms with Gasteiger partial charge in [0.2, 0.25) is 11.8 Å². The number of ether oxygens (including phenoxy) is 1. The first-order valence-electron chi connectivity index (χ1n) is 7.26. The van der Waals surface area contributed by atoms with Crippen molar-refractivity contribution >= 4 is 31.9 Å². The van der Waals surface area contributed by atoms with Gasteiger partial charge in [-0.3, -0.25) is 0 Å². The van der Waals surface area contributed by atoms with E-state index in [1.54, 1.807) is 12.3 Å². The fourth-order valence-corrected chi connectivity index (χ4v) is 1.69. The maximum absolute atomic E-state index is 12.0. The largest absolute Gasteiger partial charge is 0.474 e. The predicted molar refractivity (Wildman–Crippen MR) is 92.7 cm³/mol. The van der Waals surface area contributed by atoms with Crippen molar-refractivity contribution in [3.63, 3.8) is 0 Å². The molecule has 0 aromatic carbocycles. The molecule has 4 rings (SSSR count).